The molecule has 0 radical (unpaired) electrons. The van der Waals surface area contributed by atoms with E-state index in [1.54, 1.807) is 0 Å². The van der Waals surface area contributed by atoms with Gasteiger partial charge in [-0.05, 0) is 30.9 Å². The lowest BCUT2D eigenvalue weighted by Gasteiger charge is -2.31. The van der Waals surface area contributed by atoms with Crippen LogP contribution in [0.1, 0.15) is 39.4 Å². The lowest BCUT2D eigenvalue weighted by atomic mass is 10.0. The summed E-state index contributed by atoms with van der Waals surface area (Å²) in [6, 6.07) is 10.3. The number of hydrogen-bond acceptors (Lipinski definition) is 5. The largest absolute Gasteiger partial charge is 0.376 e. The highest BCUT2D eigenvalue weighted by Crippen LogP contribution is 2.17. The van der Waals surface area contributed by atoms with E-state index in [2.05, 4.69) is 63.7 Å². The van der Waals surface area contributed by atoms with Gasteiger partial charge in [-0.2, -0.15) is 5.21 Å². The summed E-state index contributed by atoms with van der Waals surface area (Å²) in [5.41, 5.74) is 1.08. The van der Waals surface area contributed by atoms with Gasteiger partial charge < -0.3 is 10.2 Å². The Bertz CT molecular complexity index is 599. The predicted octanol–water partition coefficient (Wildman–Crippen LogP) is 3.27. The summed E-state index contributed by atoms with van der Waals surface area (Å²) in [6.45, 7) is 8.03. The predicted molar refractivity (Wildman–Crippen MR) is 101 cm³/mol. The van der Waals surface area contributed by atoms with E-state index in [1.165, 1.54) is 0 Å². The number of nitrogens with one attached hydrogen (secondary N) is 2. The summed E-state index contributed by atoms with van der Waals surface area (Å²) in [5, 5.41) is 17.8. The Morgan fingerprint density at radius 2 is 2.04 bits per heavy atom. The minimum Gasteiger partial charge on any atom is -0.376 e. The first-order chi connectivity index (χ1) is 11.6. The topological polar surface area (TPSA) is 69.7 Å². The van der Waals surface area contributed by atoms with Gasteiger partial charge in [-0.15, -0.1) is 10.2 Å². The second-order valence-corrected chi connectivity index (χ2v) is 6.70. The number of aromatic amines is 1. The molecular formula is C17H26N6S. The Hall–Kier alpha value is -2.02. The maximum absolute atomic E-state index is 5.83. The van der Waals surface area contributed by atoms with Crippen LogP contribution in [0.25, 0.3) is 0 Å². The summed E-state index contributed by atoms with van der Waals surface area (Å²) in [7, 11) is 0. The van der Waals surface area contributed by atoms with Crippen LogP contribution in [0.3, 0.4) is 0 Å². The lowest BCUT2D eigenvalue weighted by Crippen LogP contribution is -2.42. The van der Waals surface area contributed by atoms with Crippen LogP contribution >= 0.6 is 12.2 Å². The van der Waals surface area contributed by atoms with Crippen LogP contribution < -0.4 is 5.32 Å². The number of benzene rings is 1. The van der Waals surface area contributed by atoms with E-state index in [9.17, 15) is 0 Å². The molecule has 130 valence electrons. The van der Waals surface area contributed by atoms with Crippen molar-refractivity contribution in [2.45, 2.75) is 46.2 Å². The quantitative estimate of drug-likeness (QED) is 0.679. The van der Waals surface area contributed by atoms with Gasteiger partial charge in [0.25, 0.3) is 0 Å². The zero-order valence-electron chi connectivity index (χ0n) is 14.6. The van der Waals surface area contributed by atoms with Crippen LogP contribution in [0.2, 0.25) is 0 Å². The van der Waals surface area contributed by atoms with Crippen LogP contribution in [0.15, 0.2) is 30.3 Å². The molecule has 7 heteroatoms. The summed E-state index contributed by atoms with van der Waals surface area (Å²) in [4.78, 5) is 3.07. The van der Waals surface area contributed by atoms with E-state index >= 15 is 0 Å². The SMILES string of the molecule is CCCN(Cc1nn[nH]n1)C(=S)C(CC(C)C)Nc1ccccc1. The Balaban J connectivity index is 2.13. The Morgan fingerprint density at radius 3 is 2.62 bits per heavy atom. The van der Waals surface area contributed by atoms with Crippen molar-refractivity contribution >= 4 is 22.9 Å². The summed E-state index contributed by atoms with van der Waals surface area (Å²) < 4.78 is 0. The van der Waals surface area contributed by atoms with Crippen LogP contribution in [0, 0.1) is 5.92 Å². The first-order valence-corrected chi connectivity index (χ1v) is 8.83. The molecule has 0 aliphatic carbocycles. The fraction of sp³-hybridized carbons (Fsp3) is 0.529. The average Bonchev–Trinajstić information content (AvgIpc) is 3.07. The molecule has 1 atom stereocenters. The van der Waals surface area contributed by atoms with Crippen molar-refractivity contribution in [3.8, 4) is 0 Å². The number of thiocarbonyl (C=S) groups is 1. The van der Waals surface area contributed by atoms with Gasteiger partial charge in [-0.3, -0.25) is 0 Å². The normalized spacial score (nSPS) is 12.2. The molecule has 24 heavy (non-hydrogen) atoms. The van der Waals surface area contributed by atoms with Gasteiger partial charge in [-0.25, -0.2) is 0 Å². The molecule has 2 rings (SSSR count). The molecule has 1 aromatic heterocycles. The van der Waals surface area contributed by atoms with Gasteiger partial charge in [0.1, 0.15) is 4.99 Å². The highest BCUT2D eigenvalue weighted by atomic mass is 32.1. The number of tetrazole rings is 1. The highest BCUT2D eigenvalue weighted by Gasteiger charge is 2.22. The van der Waals surface area contributed by atoms with Crippen molar-refractivity contribution in [2.24, 2.45) is 5.92 Å². The molecule has 2 N–H and O–H groups in total. The molecule has 1 unspecified atom stereocenters. The van der Waals surface area contributed by atoms with Gasteiger partial charge >= 0.3 is 0 Å². The molecule has 0 aliphatic heterocycles. The van der Waals surface area contributed by atoms with Crippen molar-refractivity contribution in [3.63, 3.8) is 0 Å². The minimum atomic E-state index is 0.0980. The molecule has 0 amide bonds. The van der Waals surface area contributed by atoms with Gasteiger partial charge in [-0.1, -0.05) is 56.4 Å². The maximum Gasteiger partial charge on any atom is 0.193 e. The third-order valence-electron chi connectivity index (χ3n) is 3.65. The van der Waals surface area contributed by atoms with E-state index in [0.29, 0.717) is 18.3 Å². The number of aromatic nitrogens is 4. The highest BCUT2D eigenvalue weighted by molar-refractivity contribution is 7.80. The van der Waals surface area contributed by atoms with E-state index in [-0.39, 0.29) is 6.04 Å². The molecule has 6 nitrogen and oxygen atoms in total. The van der Waals surface area contributed by atoms with Crippen LogP contribution in [-0.4, -0.2) is 43.1 Å². The second kappa shape index (κ2) is 9.32. The zero-order valence-corrected chi connectivity index (χ0v) is 15.4. The van der Waals surface area contributed by atoms with Crippen molar-refractivity contribution in [1.82, 2.24) is 25.5 Å². The Labute approximate surface area is 149 Å². The molecule has 1 aromatic carbocycles. The monoisotopic (exact) mass is 346 g/mol. The summed E-state index contributed by atoms with van der Waals surface area (Å²) in [5.74, 6) is 1.20. The first-order valence-electron chi connectivity index (χ1n) is 8.42. The third kappa shape index (κ3) is 5.56. The van der Waals surface area contributed by atoms with Crippen LogP contribution in [0.4, 0.5) is 5.69 Å². The van der Waals surface area contributed by atoms with Crippen molar-refractivity contribution in [3.05, 3.63) is 36.2 Å². The first kappa shape index (κ1) is 18.3. The van der Waals surface area contributed by atoms with Crippen LogP contribution in [0.5, 0.6) is 0 Å². The van der Waals surface area contributed by atoms with E-state index in [1.807, 2.05) is 18.2 Å². The maximum atomic E-state index is 5.83. The van der Waals surface area contributed by atoms with Gasteiger partial charge in [0.15, 0.2) is 5.82 Å². The average molecular weight is 347 g/mol. The number of anilines is 1. The van der Waals surface area contributed by atoms with E-state index in [4.69, 9.17) is 12.2 Å². The van der Waals surface area contributed by atoms with Gasteiger partial charge in [0, 0.05) is 12.2 Å². The van der Waals surface area contributed by atoms with Gasteiger partial charge in [0.05, 0.1) is 12.6 Å². The summed E-state index contributed by atoms with van der Waals surface area (Å²) >= 11 is 5.83. The molecular weight excluding hydrogens is 320 g/mol. The van der Waals surface area contributed by atoms with Crippen molar-refractivity contribution in [2.75, 3.05) is 11.9 Å². The standard InChI is InChI=1S/C17H26N6S/c1-4-10-23(12-16-19-21-22-20-16)17(24)15(11-13(2)3)18-14-8-6-5-7-9-14/h5-9,13,15,18H,4,10-12H2,1-3H3,(H,19,20,21,22). The summed E-state index contributed by atoms with van der Waals surface area (Å²) in [6.07, 6.45) is 1.98. The number of para-hydroxylation sites is 1. The zero-order chi connectivity index (χ0) is 17.4. The molecule has 1 heterocycles. The molecule has 0 fully saturated rings. The molecule has 0 spiro atoms. The fourth-order valence-corrected chi connectivity index (χ4v) is 2.92. The molecule has 0 bridgehead atoms. The van der Waals surface area contributed by atoms with Crippen molar-refractivity contribution < 1.29 is 0 Å². The van der Waals surface area contributed by atoms with E-state index in [0.717, 1.165) is 30.1 Å². The Kier molecular flexibility index (Phi) is 7.11. The Morgan fingerprint density at radius 1 is 1.29 bits per heavy atom. The van der Waals surface area contributed by atoms with Crippen molar-refractivity contribution in [1.29, 1.82) is 0 Å². The fourth-order valence-electron chi connectivity index (χ4n) is 2.61. The number of nitrogens with zero attached hydrogens (tertiary/aromatic N) is 4. The smallest absolute Gasteiger partial charge is 0.193 e. The van der Waals surface area contributed by atoms with E-state index < -0.39 is 0 Å². The lowest BCUT2D eigenvalue weighted by molar-refractivity contribution is 0.390. The van der Waals surface area contributed by atoms with Gasteiger partial charge in [0.2, 0.25) is 0 Å². The van der Waals surface area contributed by atoms with Crippen LogP contribution in [-0.2, 0) is 6.54 Å². The minimum absolute atomic E-state index is 0.0980. The molecule has 0 aliphatic rings. The molecule has 2 aromatic rings. The molecule has 0 saturated carbocycles. The number of rotatable bonds is 9. The third-order valence-corrected chi connectivity index (χ3v) is 4.19. The molecule has 0 saturated heterocycles. The second-order valence-electron chi connectivity index (χ2n) is 6.28. The number of H-pyrrole nitrogens is 1. The number of hydrogen-bond donors (Lipinski definition) is 2.